The van der Waals surface area contributed by atoms with Gasteiger partial charge in [-0.15, -0.1) is 0 Å². The summed E-state index contributed by atoms with van der Waals surface area (Å²) in [6, 6.07) is 16.5. The second-order valence-corrected chi connectivity index (χ2v) is 7.45. The number of benzene rings is 3. The Labute approximate surface area is 164 Å². The Kier molecular flexibility index (Phi) is 4.48. The second kappa shape index (κ2) is 6.82. The van der Waals surface area contributed by atoms with Gasteiger partial charge in [0.1, 0.15) is 5.82 Å². The molecule has 4 aromatic rings. The Bertz CT molecular complexity index is 1200. The molecular formula is C22H18BrFN2O. The summed E-state index contributed by atoms with van der Waals surface area (Å²) in [7, 11) is 0. The highest BCUT2D eigenvalue weighted by molar-refractivity contribution is 9.10. The normalized spacial score (nSPS) is 11.4. The lowest BCUT2D eigenvalue weighted by atomic mass is 10.0. The highest BCUT2D eigenvalue weighted by atomic mass is 79.9. The minimum absolute atomic E-state index is 0.277. The Morgan fingerprint density at radius 1 is 1.11 bits per heavy atom. The number of halogens is 2. The number of rotatable bonds is 4. The standard InChI is InChI=1S/C22H18BrFN2O/c1-2-13-6-8-16-20(10-13)26(12-14-11-15(24)7-9-18(14)23)19-5-3-4-17(21(16)19)22(25)27/h3-11H,2,12H2,1H3,(H2,25,27). The summed E-state index contributed by atoms with van der Waals surface area (Å²) in [5.41, 5.74) is 10.1. The summed E-state index contributed by atoms with van der Waals surface area (Å²) in [5.74, 6) is -0.729. The first-order valence-electron chi connectivity index (χ1n) is 8.77. The van der Waals surface area contributed by atoms with Gasteiger partial charge in [-0.05, 0) is 53.9 Å². The number of primary amides is 1. The van der Waals surface area contributed by atoms with Crippen LogP contribution in [0.1, 0.15) is 28.4 Å². The van der Waals surface area contributed by atoms with Crippen LogP contribution in [0.25, 0.3) is 21.8 Å². The maximum atomic E-state index is 13.8. The topological polar surface area (TPSA) is 48.0 Å². The van der Waals surface area contributed by atoms with Crippen molar-refractivity contribution >= 4 is 43.6 Å². The van der Waals surface area contributed by atoms with E-state index in [1.807, 2.05) is 18.2 Å². The second-order valence-electron chi connectivity index (χ2n) is 6.59. The van der Waals surface area contributed by atoms with Crippen molar-refractivity contribution in [3.63, 3.8) is 0 Å². The van der Waals surface area contributed by atoms with Gasteiger partial charge in [0.15, 0.2) is 0 Å². The van der Waals surface area contributed by atoms with Gasteiger partial charge < -0.3 is 10.3 Å². The van der Waals surface area contributed by atoms with Crippen molar-refractivity contribution in [2.45, 2.75) is 19.9 Å². The van der Waals surface area contributed by atoms with E-state index < -0.39 is 5.91 Å². The molecule has 0 fully saturated rings. The molecule has 1 aromatic heterocycles. The average Bonchev–Trinajstić information content (AvgIpc) is 2.97. The van der Waals surface area contributed by atoms with Crippen molar-refractivity contribution in [2.75, 3.05) is 0 Å². The Hall–Kier alpha value is -2.66. The molecule has 0 spiro atoms. The maximum Gasteiger partial charge on any atom is 0.249 e. The van der Waals surface area contributed by atoms with E-state index in [4.69, 9.17) is 5.73 Å². The third kappa shape index (κ3) is 3.02. The van der Waals surface area contributed by atoms with Crippen LogP contribution in [0.5, 0.6) is 0 Å². The average molecular weight is 425 g/mol. The molecule has 2 N–H and O–H groups in total. The summed E-state index contributed by atoms with van der Waals surface area (Å²) < 4.78 is 16.8. The lowest BCUT2D eigenvalue weighted by Crippen LogP contribution is -2.11. The summed E-state index contributed by atoms with van der Waals surface area (Å²) in [6.45, 7) is 2.58. The zero-order valence-electron chi connectivity index (χ0n) is 14.8. The van der Waals surface area contributed by atoms with Crippen LogP contribution in [0, 0.1) is 5.82 Å². The molecule has 0 unspecified atom stereocenters. The maximum absolute atomic E-state index is 13.8. The minimum atomic E-state index is -0.453. The number of hydrogen-bond acceptors (Lipinski definition) is 1. The van der Waals surface area contributed by atoms with E-state index in [1.165, 1.54) is 17.7 Å². The molecule has 3 nitrogen and oxygen atoms in total. The van der Waals surface area contributed by atoms with Gasteiger partial charge in [-0.2, -0.15) is 0 Å². The van der Waals surface area contributed by atoms with Gasteiger partial charge in [-0.25, -0.2) is 4.39 Å². The SMILES string of the molecule is CCc1ccc2c3c(C(N)=O)cccc3n(Cc3cc(F)ccc3Br)c2c1. The third-order valence-electron chi connectivity index (χ3n) is 4.97. The molecular weight excluding hydrogens is 407 g/mol. The molecule has 5 heteroatoms. The van der Waals surface area contributed by atoms with Crippen LogP contribution in [-0.4, -0.2) is 10.5 Å². The molecule has 0 aliphatic heterocycles. The summed E-state index contributed by atoms with van der Waals surface area (Å²) in [5, 5.41) is 1.82. The zero-order chi connectivity index (χ0) is 19.1. The molecule has 0 atom stereocenters. The lowest BCUT2D eigenvalue weighted by molar-refractivity contribution is 0.100. The monoisotopic (exact) mass is 424 g/mol. The van der Waals surface area contributed by atoms with Crippen molar-refractivity contribution in [1.29, 1.82) is 0 Å². The molecule has 1 amide bonds. The van der Waals surface area contributed by atoms with Crippen LogP contribution < -0.4 is 5.73 Å². The molecule has 27 heavy (non-hydrogen) atoms. The molecule has 0 bridgehead atoms. The molecule has 4 rings (SSSR count). The molecule has 0 saturated carbocycles. The largest absolute Gasteiger partial charge is 0.366 e. The predicted octanol–water partition coefficient (Wildman–Crippen LogP) is 5.41. The molecule has 3 aromatic carbocycles. The van der Waals surface area contributed by atoms with Crippen LogP contribution in [-0.2, 0) is 13.0 Å². The minimum Gasteiger partial charge on any atom is -0.366 e. The number of fused-ring (bicyclic) bond motifs is 3. The van der Waals surface area contributed by atoms with E-state index in [2.05, 4.69) is 39.6 Å². The Morgan fingerprint density at radius 2 is 1.93 bits per heavy atom. The van der Waals surface area contributed by atoms with Crippen LogP contribution in [0.4, 0.5) is 4.39 Å². The van der Waals surface area contributed by atoms with E-state index >= 15 is 0 Å². The molecule has 0 radical (unpaired) electrons. The van der Waals surface area contributed by atoms with Crippen molar-refractivity contribution in [3.8, 4) is 0 Å². The molecule has 0 aliphatic carbocycles. The van der Waals surface area contributed by atoms with Crippen molar-refractivity contribution < 1.29 is 9.18 Å². The van der Waals surface area contributed by atoms with Gasteiger partial charge in [0.05, 0.1) is 5.52 Å². The number of carbonyl (C=O) groups is 1. The van der Waals surface area contributed by atoms with E-state index in [-0.39, 0.29) is 5.82 Å². The van der Waals surface area contributed by atoms with Crippen LogP contribution in [0.3, 0.4) is 0 Å². The van der Waals surface area contributed by atoms with E-state index in [0.717, 1.165) is 38.3 Å². The zero-order valence-corrected chi connectivity index (χ0v) is 16.4. The van der Waals surface area contributed by atoms with E-state index in [1.54, 1.807) is 12.1 Å². The Balaban J connectivity index is 2.06. The van der Waals surface area contributed by atoms with Crippen LogP contribution in [0.15, 0.2) is 59.1 Å². The molecule has 1 heterocycles. The van der Waals surface area contributed by atoms with Crippen molar-refractivity contribution in [2.24, 2.45) is 5.73 Å². The number of amides is 1. The summed E-state index contributed by atoms with van der Waals surface area (Å²) in [4.78, 5) is 12.0. The van der Waals surface area contributed by atoms with Crippen molar-refractivity contribution in [3.05, 3.63) is 81.6 Å². The molecule has 136 valence electrons. The smallest absolute Gasteiger partial charge is 0.249 e. The number of aryl methyl sites for hydroxylation is 1. The van der Waals surface area contributed by atoms with E-state index in [0.29, 0.717) is 12.1 Å². The predicted molar refractivity (Wildman–Crippen MR) is 111 cm³/mol. The van der Waals surface area contributed by atoms with Gasteiger partial charge in [0.2, 0.25) is 5.91 Å². The third-order valence-corrected chi connectivity index (χ3v) is 5.74. The van der Waals surface area contributed by atoms with Gasteiger partial charge in [0.25, 0.3) is 0 Å². The van der Waals surface area contributed by atoms with Gasteiger partial charge in [-0.3, -0.25) is 4.79 Å². The first kappa shape index (κ1) is 17.7. The van der Waals surface area contributed by atoms with Gasteiger partial charge >= 0.3 is 0 Å². The number of carbonyl (C=O) groups excluding carboxylic acids is 1. The van der Waals surface area contributed by atoms with Crippen LogP contribution in [0.2, 0.25) is 0 Å². The quantitative estimate of drug-likeness (QED) is 0.467. The van der Waals surface area contributed by atoms with Gasteiger partial charge in [0, 0.05) is 32.9 Å². The summed E-state index contributed by atoms with van der Waals surface area (Å²) >= 11 is 3.52. The van der Waals surface area contributed by atoms with Crippen LogP contribution >= 0.6 is 15.9 Å². The number of nitrogens with zero attached hydrogens (tertiary/aromatic N) is 1. The highest BCUT2D eigenvalue weighted by Crippen LogP contribution is 2.34. The number of hydrogen-bond donors (Lipinski definition) is 1. The van der Waals surface area contributed by atoms with Crippen molar-refractivity contribution in [1.82, 2.24) is 4.57 Å². The number of aromatic nitrogens is 1. The molecule has 0 aliphatic rings. The fourth-order valence-corrected chi connectivity index (χ4v) is 3.99. The van der Waals surface area contributed by atoms with E-state index in [9.17, 15) is 9.18 Å². The highest BCUT2D eigenvalue weighted by Gasteiger charge is 2.17. The first-order chi connectivity index (χ1) is 13.0. The first-order valence-corrected chi connectivity index (χ1v) is 9.56. The lowest BCUT2D eigenvalue weighted by Gasteiger charge is -2.10. The summed E-state index contributed by atoms with van der Waals surface area (Å²) in [6.07, 6.45) is 0.907. The fourth-order valence-electron chi connectivity index (χ4n) is 3.62. The Morgan fingerprint density at radius 3 is 2.67 bits per heavy atom. The molecule has 0 saturated heterocycles. The van der Waals surface area contributed by atoms with Gasteiger partial charge in [-0.1, -0.05) is 41.1 Å². The number of nitrogens with two attached hydrogens (primary N) is 1. The fraction of sp³-hybridized carbons (Fsp3) is 0.136.